The van der Waals surface area contributed by atoms with Gasteiger partial charge in [-0.15, -0.1) is 0 Å². The fraction of sp³-hybridized carbons (Fsp3) is 0.333. The Bertz CT molecular complexity index is 663. The molecule has 3 atom stereocenters. The molecule has 0 aliphatic carbocycles. The Morgan fingerprint density at radius 3 is 1.67 bits per heavy atom. The number of aliphatic hydroxyl groups excluding tert-OH is 1. The quantitative estimate of drug-likeness (QED) is 0.938. The molecule has 2 fully saturated rings. The average molecular weight is 333 g/mol. The third-order valence-corrected chi connectivity index (χ3v) is 4.68. The molecule has 2 aliphatic heterocycles. The van der Waals surface area contributed by atoms with Crippen LogP contribution < -0.4 is 0 Å². The summed E-state index contributed by atoms with van der Waals surface area (Å²) in [5.74, 6) is -0.643. The first-order valence-corrected chi connectivity index (χ1v) is 7.76. The zero-order valence-electron chi connectivity index (χ0n) is 12.9. The van der Waals surface area contributed by atoms with Gasteiger partial charge < -0.3 is 14.6 Å². The van der Waals surface area contributed by atoms with Gasteiger partial charge in [-0.25, -0.2) is 13.7 Å². The minimum atomic E-state index is -0.655. The van der Waals surface area contributed by atoms with Gasteiger partial charge in [-0.1, -0.05) is 24.3 Å². The van der Waals surface area contributed by atoms with Crippen LogP contribution in [-0.2, 0) is 9.47 Å². The zero-order valence-corrected chi connectivity index (χ0v) is 12.9. The normalized spacial score (nSPS) is 29.8. The lowest BCUT2D eigenvalue weighted by Crippen LogP contribution is -2.47. The summed E-state index contributed by atoms with van der Waals surface area (Å²) < 4.78 is 38.2. The Kier molecular flexibility index (Phi) is 3.85. The van der Waals surface area contributed by atoms with E-state index in [1.807, 2.05) is 4.90 Å². The van der Waals surface area contributed by atoms with Crippen LogP contribution >= 0.6 is 0 Å². The van der Waals surface area contributed by atoms with Crippen LogP contribution in [0, 0.1) is 11.6 Å². The topological polar surface area (TPSA) is 41.9 Å². The van der Waals surface area contributed by atoms with Crippen LogP contribution in [0.2, 0.25) is 0 Å². The summed E-state index contributed by atoms with van der Waals surface area (Å²) in [6, 6.07) is 12.1. The maximum atomic E-state index is 13.2. The first-order valence-electron chi connectivity index (χ1n) is 7.76. The highest BCUT2D eigenvalue weighted by molar-refractivity contribution is 5.25. The number of hydrogen-bond acceptors (Lipinski definition) is 4. The Morgan fingerprint density at radius 1 is 0.875 bits per heavy atom. The fourth-order valence-electron chi connectivity index (χ4n) is 3.38. The largest absolute Gasteiger partial charge is 0.394 e. The van der Waals surface area contributed by atoms with E-state index in [0.717, 1.165) is 11.1 Å². The predicted octanol–water partition coefficient (Wildman–Crippen LogP) is 2.76. The smallest absolute Gasteiger partial charge is 0.139 e. The molecular weight excluding hydrogens is 316 g/mol. The molecule has 6 heteroatoms. The van der Waals surface area contributed by atoms with Gasteiger partial charge in [0.05, 0.1) is 25.4 Å². The molecule has 1 N–H and O–H groups in total. The van der Waals surface area contributed by atoms with E-state index in [1.165, 1.54) is 24.3 Å². The molecule has 0 aromatic heterocycles. The molecule has 1 unspecified atom stereocenters. The highest BCUT2D eigenvalue weighted by Gasteiger charge is 2.56. The van der Waals surface area contributed by atoms with E-state index in [4.69, 9.17) is 9.47 Å². The number of aliphatic hydroxyl groups is 1. The number of nitrogens with zero attached hydrogens (tertiary/aromatic N) is 1. The van der Waals surface area contributed by atoms with E-state index < -0.39 is 18.0 Å². The molecular formula is C18H17F2NO3. The summed E-state index contributed by atoms with van der Waals surface area (Å²) in [6.07, 6.45) is -0.925. The molecule has 2 aromatic rings. The third-order valence-electron chi connectivity index (χ3n) is 4.68. The number of ether oxygens (including phenoxy) is 2. The van der Waals surface area contributed by atoms with Crippen molar-refractivity contribution in [2.75, 3.05) is 19.8 Å². The van der Waals surface area contributed by atoms with Crippen molar-refractivity contribution < 1.29 is 23.4 Å². The van der Waals surface area contributed by atoms with E-state index in [-0.39, 0.29) is 18.2 Å². The van der Waals surface area contributed by atoms with Crippen molar-refractivity contribution in [1.82, 2.24) is 4.90 Å². The molecule has 4 rings (SSSR count). The molecule has 2 saturated heterocycles. The monoisotopic (exact) mass is 333 g/mol. The van der Waals surface area contributed by atoms with Gasteiger partial charge in [0.15, 0.2) is 0 Å². The van der Waals surface area contributed by atoms with Gasteiger partial charge in [0.2, 0.25) is 0 Å². The molecule has 2 aliphatic rings. The third kappa shape index (κ3) is 2.43. The second-order valence-electron chi connectivity index (χ2n) is 6.22. The van der Waals surface area contributed by atoms with Crippen LogP contribution in [0.3, 0.4) is 0 Å². The second-order valence-corrected chi connectivity index (χ2v) is 6.22. The molecule has 0 radical (unpaired) electrons. The molecule has 0 spiro atoms. The number of halogens is 2. The summed E-state index contributed by atoms with van der Waals surface area (Å²) in [4.78, 5) is 1.95. The van der Waals surface area contributed by atoms with Gasteiger partial charge in [-0.05, 0) is 35.4 Å². The minimum Gasteiger partial charge on any atom is -0.394 e. The van der Waals surface area contributed by atoms with Crippen molar-refractivity contribution in [3.63, 3.8) is 0 Å². The first kappa shape index (κ1) is 15.7. The Hall–Kier alpha value is -1.86. The molecule has 126 valence electrons. The lowest BCUT2D eigenvalue weighted by molar-refractivity contribution is -0.0630. The Morgan fingerprint density at radius 2 is 1.29 bits per heavy atom. The molecule has 2 heterocycles. The van der Waals surface area contributed by atoms with Gasteiger partial charge in [-0.3, -0.25) is 0 Å². The number of rotatable bonds is 3. The number of benzene rings is 2. The van der Waals surface area contributed by atoms with E-state index in [1.54, 1.807) is 24.3 Å². The highest BCUT2D eigenvalue weighted by atomic mass is 19.1. The van der Waals surface area contributed by atoms with Crippen LogP contribution in [0.25, 0.3) is 0 Å². The SMILES string of the molecule is OC[C@]12COC(c3ccc(F)cc3)N1[C@H](c1ccc(F)cc1)OC2. The maximum Gasteiger partial charge on any atom is 0.139 e. The molecule has 0 amide bonds. The summed E-state index contributed by atoms with van der Waals surface area (Å²) >= 11 is 0. The zero-order chi connectivity index (χ0) is 16.7. The Labute approximate surface area is 138 Å². The second kappa shape index (κ2) is 5.89. The summed E-state index contributed by atoms with van der Waals surface area (Å²) in [5.41, 5.74) is 0.909. The van der Waals surface area contributed by atoms with Crippen molar-refractivity contribution in [1.29, 1.82) is 0 Å². The number of fused-ring (bicyclic) bond motifs is 1. The standard InChI is InChI=1S/C18H17F2NO3/c19-14-5-1-12(2-6-14)16-21-17(13-3-7-15(20)8-4-13)24-11-18(21,9-22)10-23-16/h1-8,16-17,22H,9-11H2/t16-,17?,18-/m0/s1. The summed E-state index contributed by atoms with van der Waals surface area (Å²) in [7, 11) is 0. The van der Waals surface area contributed by atoms with Gasteiger partial charge in [0.1, 0.15) is 24.1 Å². The van der Waals surface area contributed by atoms with Crippen LogP contribution in [-0.4, -0.2) is 35.4 Å². The first-order chi connectivity index (χ1) is 11.6. The summed E-state index contributed by atoms with van der Waals surface area (Å²) in [5, 5.41) is 9.92. The minimum absolute atomic E-state index is 0.123. The van der Waals surface area contributed by atoms with Crippen molar-refractivity contribution in [2.45, 2.75) is 18.0 Å². The number of hydrogen-bond donors (Lipinski definition) is 1. The van der Waals surface area contributed by atoms with Crippen molar-refractivity contribution in [3.05, 3.63) is 71.3 Å². The van der Waals surface area contributed by atoms with Gasteiger partial charge in [-0.2, -0.15) is 0 Å². The van der Waals surface area contributed by atoms with E-state index in [2.05, 4.69) is 0 Å². The van der Waals surface area contributed by atoms with Crippen LogP contribution in [0.15, 0.2) is 48.5 Å². The van der Waals surface area contributed by atoms with Crippen molar-refractivity contribution in [2.24, 2.45) is 0 Å². The average Bonchev–Trinajstić information content (AvgIpc) is 3.14. The van der Waals surface area contributed by atoms with Crippen LogP contribution in [0.1, 0.15) is 23.6 Å². The van der Waals surface area contributed by atoms with Gasteiger partial charge in [0, 0.05) is 0 Å². The van der Waals surface area contributed by atoms with E-state index >= 15 is 0 Å². The molecule has 2 aromatic carbocycles. The lowest BCUT2D eigenvalue weighted by atomic mass is 10.0. The Balaban J connectivity index is 1.72. The predicted molar refractivity (Wildman–Crippen MR) is 81.8 cm³/mol. The van der Waals surface area contributed by atoms with Crippen LogP contribution in [0.5, 0.6) is 0 Å². The molecule has 0 bridgehead atoms. The lowest BCUT2D eigenvalue weighted by Gasteiger charge is -2.33. The summed E-state index contributed by atoms with van der Waals surface area (Å²) in [6.45, 7) is 0.495. The molecule has 4 nitrogen and oxygen atoms in total. The van der Waals surface area contributed by atoms with Gasteiger partial charge >= 0.3 is 0 Å². The highest BCUT2D eigenvalue weighted by Crippen LogP contribution is 2.48. The van der Waals surface area contributed by atoms with Crippen molar-refractivity contribution in [3.8, 4) is 0 Å². The van der Waals surface area contributed by atoms with E-state index in [9.17, 15) is 13.9 Å². The molecule has 0 saturated carbocycles. The molecule has 24 heavy (non-hydrogen) atoms. The van der Waals surface area contributed by atoms with Gasteiger partial charge in [0.25, 0.3) is 0 Å². The maximum absolute atomic E-state index is 13.2. The fourth-order valence-corrected chi connectivity index (χ4v) is 3.38. The van der Waals surface area contributed by atoms with Crippen molar-refractivity contribution >= 4 is 0 Å². The van der Waals surface area contributed by atoms with E-state index in [0.29, 0.717) is 13.2 Å². The van der Waals surface area contributed by atoms with Crippen LogP contribution in [0.4, 0.5) is 8.78 Å².